The lowest BCUT2D eigenvalue weighted by Gasteiger charge is -2.25. The fourth-order valence-electron chi connectivity index (χ4n) is 5.61. The third-order valence-electron chi connectivity index (χ3n) is 7.84. The van der Waals surface area contributed by atoms with Gasteiger partial charge < -0.3 is 18.9 Å². The number of carbonyl (C=O) groups is 1. The average molecular weight is 690 g/mol. The molecule has 0 saturated carbocycles. The minimum Gasteiger partial charge on any atom is -0.496 e. The summed E-state index contributed by atoms with van der Waals surface area (Å²) in [6, 6.07) is 21.4. The molecule has 11 heteroatoms. The van der Waals surface area contributed by atoms with Crippen molar-refractivity contribution in [3.05, 3.63) is 130 Å². The molecule has 2 heterocycles. The van der Waals surface area contributed by atoms with E-state index in [2.05, 4.69) is 0 Å². The number of allylic oxidation sites excluding steroid dienone is 1. The summed E-state index contributed by atoms with van der Waals surface area (Å²) in [5.41, 5.74) is 2.56. The highest BCUT2D eigenvalue weighted by Gasteiger charge is 2.34. The first-order valence-corrected chi connectivity index (χ1v) is 16.3. The first-order valence-electron chi connectivity index (χ1n) is 14.7. The first-order chi connectivity index (χ1) is 22.7. The molecule has 6 rings (SSSR count). The number of hydrogen-bond donors (Lipinski definition) is 0. The van der Waals surface area contributed by atoms with Crippen molar-refractivity contribution in [1.29, 1.82) is 0 Å². The number of hydrogen-bond acceptors (Lipinski definition) is 8. The minimum atomic E-state index is -0.837. The molecular weight excluding hydrogens is 659 g/mol. The highest BCUT2D eigenvalue weighted by molar-refractivity contribution is 7.07. The van der Waals surface area contributed by atoms with Gasteiger partial charge in [0.15, 0.2) is 16.3 Å². The maximum atomic E-state index is 14.3. The zero-order chi connectivity index (χ0) is 33.2. The van der Waals surface area contributed by atoms with Crippen LogP contribution in [0.3, 0.4) is 0 Å². The largest absolute Gasteiger partial charge is 0.496 e. The minimum absolute atomic E-state index is 0.164. The van der Waals surface area contributed by atoms with E-state index in [4.69, 9.17) is 47.1 Å². The lowest BCUT2D eigenvalue weighted by atomic mass is 9.95. The topological polar surface area (TPSA) is 88.4 Å². The molecule has 0 amide bonds. The Morgan fingerprint density at radius 3 is 2.49 bits per heavy atom. The molecule has 8 nitrogen and oxygen atoms in total. The quantitative estimate of drug-likeness (QED) is 0.157. The maximum Gasteiger partial charge on any atom is 0.338 e. The monoisotopic (exact) mass is 688 g/mol. The molecule has 0 fully saturated rings. The van der Waals surface area contributed by atoms with Gasteiger partial charge in [-0.25, -0.2) is 9.79 Å². The van der Waals surface area contributed by atoms with Gasteiger partial charge in [0.25, 0.3) is 5.56 Å². The fourth-order valence-corrected chi connectivity index (χ4v) is 7.10. The van der Waals surface area contributed by atoms with Crippen molar-refractivity contribution in [3.63, 3.8) is 0 Å². The van der Waals surface area contributed by atoms with E-state index in [0.717, 1.165) is 21.9 Å². The van der Waals surface area contributed by atoms with Crippen LogP contribution in [0.1, 0.15) is 36.6 Å². The van der Waals surface area contributed by atoms with Gasteiger partial charge in [0.2, 0.25) is 0 Å². The molecule has 0 bridgehead atoms. The summed E-state index contributed by atoms with van der Waals surface area (Å²) in [6.45, 7) is 3.81. The van der Waals surface area contributed by atoms with E-state index in [9.17, 15) is 9.59 Å². The molecule has 1 aliphatic rings. The van der Waals surface area contributed by atoms with Crippen LogP contribution < -0.4 is 29.1 Å². The Morgan fingerprint density at radius 1 is 0.979 bits per heavy atom. The van der Waals surface area contributed by atoms with Gasteiger partial charge in [0, 0.05) is 21.2 Å². The zero-order valence-corrected chi connectivity index (χ0v) is 28.3. The highest BCUT2D eigenvalue weighted by atomic mass is 35.5. The summed E-state index contributed by atoms with van der Waals surface area (Å²) < 4.78 is 24.9. The van der Waals surface area contributed by atoms with Crippen LogP contribution >= 0.6 is 34.5 Å². The van der Waals surface area contributed by atoms with Gasteiger partial charge in [-0.3, -0.25) is 9.36 Å². The molecule has 1 aliphatic heterocycles. The third kappa shape index (κ3) is 6.26. The number of nitrogens with zero attached hydrogens (tertiary/aromatic N) is 2. The number of ether oxygens (including phenoxy) is 4. The molecule has 47 heavy (non-hydrogen) atoms. The van der Waals surface area contributed by atoms with Gasteiger partial charge in [0.1, 0.15) is 12.4 Å². The summed E-state index contributed by atoms with van der Waals surface area (Å²) >= 11 is 13.6. The van der Waals surface area contributed by atoms with Crippen LogP contribution in [0.5, 0.6) is 17.2 Å². The van der Waals surface area contributed by atoms with Crippen LogP contribution in [-0.4, -0.2) is 31.4 Å². The van der Waals surface area contributed by atoms with Gasteiger partial charge in [-0.2, -0.15) is 0 Å². The normalized spacial score (nSPS) is 14.5. The molecule has 0 saturated heterocycles. The van der Waals surface area contributed by atoms with Gasteiger partial charge >= 0.3 is 5.97 Å². The molecule has 0 aliphatic carbocycles. The Bertz CT molecular complexity index is 2240. The molecular formula is C36H30Cl2N2O6S. The van der Waals surface area contributed by atoms with Gasteiger partial charge in [-0.1, -0.05) is 77.0 Å². The molecule has 4 aromatic carbocycles. The average Bonchev–Trinajstić information content (AvgIpc) is 3.37. The third-order valence-corrected chi connectivity index (χ3v) is 9.41. The number of methoxy groups -OCH3 is 2. The van der Waals surface area contributed by atoms with Gasteiger partial charge in [0.05, 0.1) is 42.7 Å². The Labute approximate surface area is 284 Å². The van der Waals surface area contributed by atoms with E-state index >= 15 is 0 Å². The summed E-state index contributed by atoms with van der Waals surface area (Å²) in [7, 11) is 3.13. The Kier molecular flexibility index (Phi) is 9.40. The molecule has 0 unspecified atom stereocenters. The second-order valence-electron chi connectivity index (χ2n) is 10.6. The second kappa shape index (κ2) is 13.7. The second-order valence-corrected chi connectivity index (χ2v) is 12.5. The number of aromatic nitrogens is 1. The summed E-state index contributed by atoms with van der Waals surface area (Å²) in [6.07, 6.45) is 1.82. The smallest absolute Gasteiger partial charge is 0.338 e. The highest BCUT2D eigenvalue weighted by Crippen LogP contribution is 2.37. The number of fused-ring (bicyclic) bond motifs is 2. The van der Waals surface area contributed by atoms with Crippen molar-refractivity contribution >= 4 is 57.4 Å². The van der Waals surface area contributed by atoms with Crippen molar-refractivity contribution < 1.29 is 23.7 Å². The number of thiazole rings is 1. The molecule has 0 N–H and O–H groups in total. The number of benzene rings is 4. The molecule has 5 aromatic rings. The summed E-state index contributed by atoms with van der Waals surface area (Å²) in [5, 5.41) is 2.97. The van der Waals surface area contributed by atoms with Crippen molar-refractivity contribution in [3.8, 4) is 17.2 Å². The van der Waals surface area contributed by atoms with Crippen LogP contribution in [0.25, 0.3) is 16.8 Å². The van der Waals surface area contributed by atoms with E-state index in [1.807, 2.05) is 42.5 Å². The number of carbonyl (C=O) groups excluding carboxylic acids is 1. The molecule has 1 atom stereocenters. The first kappa shape index (κ1) is 32.4. The molecule has 240 valence electrons. The lowest BCUT2D eigenvalue weighted by molar-refractivity contribution is -0.139. The van der Waals surface area contributed by atoms with E-state index in [0.29, 0.717) is 47.9 Å². The van der Waals surface area contributed by atoms with Crippen LogP contribution in [0, 0.1) is 0 Å². The summed E-state index contributed by atoms with van der Waals surface area (Å²) in [4.78, 5) is 32.9. The number of halogens is 2. The van der Waals surface area contributed by atoms with Gasteiger partial charge in [-0.05, 0) is 66.6 Å². The van der Waals surface area contributed by atoms with Crippen LogP contribution in [0.4, 0.5) is 0 Å². The van der Waals surface area contributed by atoms with Crippen molar-refractivity contribution in [2.24, 2.45) is 4.99 Å². The number of rotatable bonds is 9. The predicted molar refractivity (Wildman–Crippen MR) is 185 cm³/mol. The lowest BCUT2D eigenvalue weighted by Crippen LogP contribution is -2.40. The SMILES string of the molecule is CCOC(=O)C1=C(C)N=c2s/c(=C\c3c(OC)ccc4ccccc34)c(=O)n2[C@@H]1c1ccc(OCc2ccc(Cl)cc2Cl)c(OC)c1. The molecule has 0 spiro atoms. The van der Waals surface area contributed by atoms with Crippen LogP contribution in [0.2, 0.25) is 10.0 Å². The Balaban J connectivity index is 1.48. The number of esters is 1. The van der Waals surface area contributed by atoms with Crippen LogP contribution in [0.15, 0.2) is 93.9 Å². The standard InChI is InChI=1S/C36H30Cl2N2O6S/c1-5-45-35(42)32-20(2)39-36-40(34(41)31(47-36)18-26-25-9-7-6-8-21(25)11-14-28(26)43-3)33(32)22-12-15-29(30(16-22)44-4)46-19-23-10-13-24(37)17-27(23)38/h6-18,33H,5,19H2,1-4H3/b31-18-/t33-/m1/s1. The van der Waals surface area contributed by atoms with Crippen molar-refractivity contribution in [2.45, 2.75) is 26.5 Å². The molecule has 0 radical (unpaired) electrons. The van der Waals surface area contributed by atoms with Crippen molar-refractivity contribution in [2.75, 3.05) is 20.8 Å². The van der Waals surface area contributed by atoms with Crippen LogP contribution in [-0.2, 0) is 16.1 Å². The zero-order valence-electron chi connectivity index (χ0n) is 26.0. The molecule has 1 aromatic heterocycles. The fraction of sp³-hybridized carbons (Fsp3) is 0.194. The van der Waals surface area contributed by atoms with E-state index in [1.165, 1.54) is 23.0 Å². The van der Waals surface area contributed by atoms with E-state index in [1.54, 1.807) is 57.4 Å². The van der Waals surface area contributed by atoms with Crippen molar-refractivity contribution in [1.82, 2.24) is 4.57 Å². The summed E-state index contributed by atoms with van der Waals surface area (Å²) in [5.74, 6) is 0.944. The van der Waals surface area contributed by atoms with Gasteiger partial charge in [-0.15, -0.1) is 0 Å². The predicted octanol–water partition coefficient (Wildman–Crippen LogP) is 6.85. The maximum absolute atomic E-state index is 14.3. The Morgan fingerprint density at radius 2 is 1.74 bits per heavy atom. The van der Waals surface area contributed by atoms with E-state index < -0.39 is 12.0 Å². The Hall–Kier alpha value is -4.57. The van der Waals surface area contributed by atoms with E-state index in [-0.39, 0.29) is 24.3 Å².